The maximum Gasteiger partial charge on any atom is 0.416 e. The Morgan fingerprint density at radius 2 is 1.69 bits per heavy atom. The molecule has 0 saturated heterocycles. The van der Waals surface area contributed by atoms with Gasteiger partial charge in [-0.05, 0) is 29.8 Å². The highest BCUT2D eigenvalue weighted by atomic mass is 19.4. The largest absolute Gasteiger partial charge is 0.497 e. The molecule has 0 aliphatic carbocycles. The third kappa shape index (κ3) is 4.66. The number of nitro groups is 1. The van der Waals surface area contributed by atoms with Gasteiger partial charge in [0.2, 0.25) is 0 Å². The van der Waals surface area contributed by atoms with Crippen LogP contribution >= 0.6 is 0 Å². The van der Waals surface area contributed by atoms with Gasteiger partial charge >= 0.3 is 6.18 Å². The van der Waals surface area contributed by atoms with Crippen molar-refractivity contribution in [2.75, 3.05) is 7.11 Å². The van der Waals surface area contributed by atoms with Crippen LogP contribution in [0.4, 0.5) is 18.9 Å². The van der Waals surface area contributed by atoms with Crippen molar-refractivity contribution in [1.82, 2.24) is 0 Å². The Balaban J connectivity index is 1.96. The molecule has 150 valence electrons. The number of nitrogens with zero attached hydrogens (tertiary/aromatic N) is 1. The Morgan fingerprint density at radius 1 is 1.00 bits per heavy atom. The lowest BCUT2D eigenvalue weighted by molar-refractivity contribution is -0.384. The summed E-state index contributed by atoms with van der Waals surface area (Å²) in [5.41, 5.74) is 0.0331. The Kier molecular flexibility index (Phi) is 5.72. The second-order valence-corrected chi connectivity index (χ2v) is 6.11. The van der Waals surface area contributed by atoms with Gasteiger partial charge in [-0.3, -0.25) is 10.1 Å². The first-order valence-corrected chi connectivity index (χ1v) is 8.50. The SMILES string of the molecule is COc1ccc(-c2cc([N+](=O)[O-])ccc2OCc2ccccc2C(F)(F)F)cc1. The first-order chi connectivity index (χ1) is 13.8. The first kappa shape index (κ1) is 20.2. The fourth-order valence-corrected chi connectivity index (χ4v) is 2.83. The molecule has 3 aromatic rings. The molecule has 0 aliphatic rings. The van der Waals surface area contributed by atoms with Gasteiger partial charge in [0, 0.05) is 23.3 Å². The molecule has 0 amide bonds. The van der Waals surface area contributed by atoms with Crippen LogP contribution in [-0.2, 0) is 12.8 Å². The number of benzene rings is 3. The molecule has 3 aromatic carbocycles. The van der Waals surface area contributed by atoms with Crippen molar-refractivity contribution in [2.24, 2.45) is 0 Å². The normalized spacial score (nSPS) is 11.2. The maximum absolute atomic E-state index is 13.2. The van der Waals surface area contributed by atoms with Gasteiger partial charge in [0.05, 0.1) is 17.6 Å². The van der Waals surface area contributed by atoms with E-state index >= 15 is 0 Å². The number of halogens is 3. The zero-order valence-corrected chi connectivity index (χ0v) is 15.3. The molecular formula is C21H16F3NO4. The molecule has 0 aromatic heterocycles. The molecule has 0 spiro atoms. The van der Waals surface area contributed by atoms with Crippen LogP contribution in [0.1, 0.15) is 11.1 Å². The van der Waals surface area contributed by atoms with Gasteiger partial charge in [0.25, 0.3) is 5.69 Å². The van der Waals surface area contributed by atoms with Gasteiger partial charge in [-0.15, -0.1) is 0 Å². The molecular weight excluding hydrogens is 387 g/mol. The second-order valence-electron chi connectivity index (χ2n) is 6.11. The second kappa shape index (κ2) is 8.22. The minimum absolute atomic E-state index is 0.0287. The van der Waals surface area contributed by atoms with Crippen molar-refractivity contribution in [3.8, 4) is 22.6 Å². The highest BCUT2D eigenvalue weighted by molar-refractivity contribution is 5.73. The fourth-order valence-electron chi connectivity index (χ4n) is 2.83. The monoisotopic (exact) mass is 403 g/mol. The minimum Gasteiger partial charge on any atom is -0.497 e. The lowest BCUT2D eigenvalue weighted by Crippen LogP contribution is -2.10. The average molecular weight is 403 g/mol. The number of ether oxygens (including phenoxy) is 2. The van der Waals surface area contributed by atoms with E-state index in [4.69, 9.17) is 9.47 Å². The third-order valence-corrected chi connectivity index (χ3v) is 4.28. The molecule has 0 heterocycles. The summed E-state index contributed by atoms with van der Waals surface area (Å²) in [7, 11) is 1.51. The van der Waals surface area contributed by atoms with E-state index in [9.17, 15) is 23.3 Å². The van der Waals surface area contributed by atoms with Crippen molar-refractivity contribution >= 4 is 5.69 Å². The summed E-state index contributed by atoms with van der Waals surface area (Å²) in [5.74, 6) is 0.832. The molecule has 0 fully saturated rings. The van der Waals surface area contributed by atoms with Gasteiger partial charge in [-0.2, -0.15) is 13.2 Å². The Morgan fingerprint density at radius 3 is 2.31 bits per heavy atom. The molecule has 8 heteroatoms. The molecule has 0 atom stereocenters. The summed E-state index contributed by atoms with van der Waals surface area (Å²) >= 11 is 0. The van der Waals surface area contributed by atoms with Crippen LogP contribution in [0.15, 0.2) is 66.7 Å². The van der Waals surface area contributed by atoms with E-state index in [-0.39, 0.29) is 23.6 Å². The van der Waals surface area contributed by atoms with Crippen LogP contribution in [0.3, 0.4) is 0 Å². The third-order valence-electron chi connectivity index (χ3n) is 4.28. The van der Waals surface area contributed by atoms with Gasteiger partial charge in [0.1, 0.15) is 18.1 Å². The molecule has 3 rings (SSSR count). The number of methoxy groups -OCH3 is 1. The molecule has 0 radical (unpaired) electrons. The number of hydrogen-bond acceptors (Lipinski definition) is 4. The molecule has 0 saturated carbocycles. The van der Waals surface area contributed by atoms with Crippen LogP contribution in [-0.4, -0.2) is 12.0 Å². The fraction of sp³-hybridized carbons (Fsp3) is 0.143. The smallest absolute Gasteiger partial charge is 0.416 e. The van der Waals surface area contributed by atoms with E-state index in [0.29, 0.717) is 16.9 Å². The van der Waals surface area contributed by atoms with E-state index < -0.39 is 16.7 Å². The zero-order valence-electron chi connectivity index (χ0n) is 15.3. The van der Waals surface area contributed by atoms with Gasteiger partial charge in [0.15, 0.2) is 0 Å². The van der Waals surface area contributed by atoms with E-state index in [2.05, 4.69) is 0 Å². The topological polar surface area (TPSA) is 61.6 Å². The van der Waals surface area contributed by atoms with Crippen molar-refractivity contribution in [2.45, 2.75) is 12.8 Å². The van der Waals surface area contributed by atoms with Gasteiger partial charge in [-0.25, -0.2) is 0 Å². The number of rotatable bonds is 6. The summed E-state index contributed by atoms with van der Waals surface area (Å²) in [6, 6.07) is 15.8. The van der Waals surface area contributed by atoms with Crippen molar-refractivity contribution in [1.29, 1.82) is 0 Å². The van der Waals surface area contributed by atoms with E-state index in [1.807, 2.05) is 0 Å². The van der Waals surface area contributed by atoms with E-state index in [1.54, 1.807) is 24.3 Å². The summed E-state index contributed by atoms with van der Waals surface area (Å²) < 4.78 is 50.3. The van der Waals surface area contributed by atoms with Crippen molar-refractivity contribution < 1.29 is 27.6 Å². The highest BCUT2D eigenvalue weighted by Gasteiger charge is 2.33. The first-order valence-electron chi connectivity index (χ1n) is 8.50. The van der Waals surface area contributed by atoms with Gasteiger partial charge in [-0.1, -0.05) is 30.3 Å². The quantitative estimate of drug-likeness (QED) is 0.382. The molecule has 0 unspecified atom stereocenters. The summed E-state index contributed by atoms with van der Waals surface area (Å²) in [5, 5.41) is 11.2. The summed E-state index contributed by atoms with van der Waals surface area (Å²) in [6.45, 7) is -0.337. The minimum atomic E-state index is -4.51. The number of nitro benzene ring substituents is 1. The van der Waals surface area contributed by atoms with Crippen LogP contribution in [0.2, 0.25) is 0 Å². The van der Waals surface area contributed by atoms with Crippen LogP contribution < -0.4 is 9.47 Å². The molecule has 5 nitrogen and oxygen atoms in total. The van der Waals surface area contributed by atoms with Crippen molar-refractivity contribution in [3.05, 3.63) is 88.0 Å². The molecule has 0 bridgehead atoms. The van der Waals surface area contributed by atoms with E-state index in [0.717, 1.165) is 6.07 Å². The summed E-state index contributed by atoms with van der Waals surface area (Å²) in [4.78, 5) is 10.6. The van der Waals surface area contributed by atoms with Crippen molar-refractivity contribution in [3.63, 3.8) is 0 Å². The van der Waals surface area contributed by atoms with Crippen LogP contribution in [0.5, 0.6) is 11.5 Å². The summed E-state index contributed by atoms with van der Waals surface area (Å²) in [6.07, 6.45) is -4.51. The maximum atomic E-state index is 13.2. The van der Waals surface area contributed by atoms with Crippen LogP contribution in [0.25, 0.3) is 11.1 Å². The predicted molar refractivity (Wildman–Crippen MR) is 101 cm³/mol. The van der Waals surface area contributed by atoms with Gasteiger partial charge < -0.3 is 9.47 Å². The van der Waals surface area contributed by atoms with E-state index in [1.165, 1.54) is 43.5 Å². The molecule has 0 N–H and O–H groups in total. The lowest BCUT2D eigenvalue weighted by Gasteiger charge is -2.15. The number of alkyl halides is 3. The average Bonchev–Trinajstić information content (AvgIpc) is 2.71. The number of hydrogen-bond donors (Lipinski definition) is 0. The highest BCUT2D eigenvalue weighted by Crippen LogP contribution is 2.36. The Bertz CT molecular complexity index is 1020. The van der Waals surface area contributed by atoms with Crippen LogP contribution in [0, 0.1) is 10.1 Å². The zero-order chi connectivity index (χ0) is 21.0. The lowest BCUT2D eigenvalue weighted by atomic mass is 10.0. The Labute approximate surface area is 164 Å². The molecule has 29 heavy (non-hydrogen) atoms. The standard InChI is InChI=1S/C21H16F3NO4/c1-28-17-9-6-14(7-10-17)18-12-16(25(26)27)8-11-20(18)29-13-15-4-2-3-5-19(15)21(22,23)24/h2-12H,13H2,1H3. The Hall–Kier alpha value is -3.55. The molecule has 0 aliphatic heterocycles. The predicted octanol–water partition coefficient (Wildman–Crippen LogP) is 5.87. The number of non-ortho nitro benzene ring substituents is 1.